The molecule has 2 rings (SSSR count). The fraction of sp³-hybridized carbons (Fsp3) is 0.714. The number of rotatable bonds is 5. The van der Waals surface area contributed by atoms with Gasteiger partial charge in [0.05, 0.1) is 12.6 Å². The highest BCUT2D eigenvalue weighted by Crippen LogP contribution is 2.29. The molecule has 2 heterocycles. The zero-order valence-corrected chi connectivity index (χ0v) is 12.1. The first-order chi connectivity index (χ1) is 9.21. The van der Waals surface area contributed by atoms with Crippen LogP contribution in [0.1, 0.15) is 37.6 Å². The molecule has 19 heavy (non-hydrogen) atoms. The van der Waals surface area contributed by atoms with Crippen molar-refractivity contribution in [2.75, 3.05) is 30.4 Å². The van der Waals surface area contributed by atoms with E-state index < -0.39 is 0 Å². The zero-order valence-electron chi connectivity index (χ0n) is 12.1. The third-order valence-electron chi connectivity index (χ3n) is 3.74. The van der Waals surface area contributed by atoms with Crippen molar-refractivity contribution in [1.29, 1.82) is 0 Å². The lowest BCUT2D eigenvalue weighted by Crippen LogP contribution is -2.33. The summed E-state index contributed by atoms with van der Waals surface area (Å²) in [5, 5.41) is 12.6. The van der Waals surface area contributed by atoms with Crippen LogP contribution in [0.25, 0.3) is 0 Å². The Labute approximate surface area is 115 Å². The summed E-state index contributed by atoms with van der Waals surface area (Å²) in [6.07, 6.45) is 4.08. The third-order valence-corrected chi connectivity index (χ3v) is 3.74. The molecule has 1 aliphatic heterocycles. The summed E-state index contributed by atoms with van der Waals surface area (Å²) in [6.45, 7) is 5.34. The lowest BCUT2D eigenvalue weighted by molar-refractivity contribution is 0.266. The van der Waals surface area contributed by atoms with Crippen molar-refractivity contribution in [3.8, 4) is 0 Å². The van der Waals surface area contributed by atoms with Gasteiger partial charge in [0.2, 0.25) is 0 Å². The van der Waals surface area contributed by atoms with E-state index in [1.807, 2.05) is 14.0 Å². The number of aliphatic hydroxyl groups excluding tert-OH is 1. The highest BCUT2D eigenvalue weighted by molar-refractivity contribution is 5.59. The molecule has 0 radical (unpaired) electrons. The number of anilines is 2. The van der Waals surface area contributed by atoms with Crippen LogP contribution < -0.4 is 10.2 Å². The lowest BCUT2D eigenvalue weighted by atomic mass is 10.2. The van der Waals surface area contributed by atoms with Crippen LogP contribution in [0.2, 0.25) is 0 Å². The molecule has 0 amide bonds. The second kappa shape index (κ2) is 6.19. The van der Waals surface area contributed by atoms with Crippen LogP contribution in [0.5, 0.6) is 0 Å². The second-order valence-electron chi connectivity index (χ2n) is 5.11. The summed E-state index contributed by atoms with van der Waals surface area (Å²) < 4.78 is 0. The van der Waals surface area contributed by atoms with Gasteiger partial charge in [-0.3, -0.25) is 0 Å². The van der Waals surface area contributed by atoms with Crippen molar-refractivity contribution in [3.05, 3.63) is 11.4 Å². The Morgan fingerprint density at radius 2 is 2.21 bits per heavy atom. The summed E-state index contributed by atoms with van der Waals surface area (Å²) in [5.41, 5.74) is 1.07. The molecule has 106 valence electrons. The van der Waals surface area contributed by atoms with Gasteiger partial charge < -0.3 is 15.3 Å². The quantitative estimate of drug-likeness (QED) is 0.848. The molecule has 1 aromatic rings. The third kappa shape index (κ3) is 2.81. The molecule has 0 spiro atoms. The van der Waals surface area contributed by atoms with Gasteiger partial charge in [0.25, 0.3) is 0 Å². The predicted molar refractivity (Wildman–Crippen MR) is 77.8 cm³/mol. The summed E-state index contributed by atoms with van der Waals surface area (Å²) >= 11 is 0. The molecule has 5 nitrogen and oxygen atoms in total. The smallest absolute Gasteiger partial charge is 0.137 e. The van der Waals surface area contributed by atoms with Gasteiger partial charge in [0, 0.05) is 25.6 Å². The lowest BCUT2D eigenvalue weighted by Gasteiger charge is -2.26. The highest BCUT2D eigenvalue weighted by Gasteiger charge is 2.27. The molecule has 0 bridgehead atoms. The van der Waals surface area contributed by atoms with E-state index in [1.165, 1.54) is 0 Å². The maximum absolute atomic E-state index is 9.49. The van der Waals surface area contributed by atoms with Crippen LogP contribution in [-0.4, -0.2) is 41.3 Å². The molecular weight excluding hydrogens is 240 g/mol. The summed E-state index contributed by atoms with van der Waals surface area (Å²) in [5.74, 6) is 2.77. The summed E-state index contributed by atoms with van der Waals surface area (Å²) in [4.78, 5) is 11.5. The van der Waals surface area contributed by atoms with Crippen LogP contribution in [0.4, 0.5) is 11.6 Å². The van der Waals surface area contributed by atoms with Gasteiger partial charge in [-0.1, -0.05) is 6.92 Å². The molecule has 1 unspecified atom stereocenters. The number of hydrogen-bond acceptors (Lipinski definition) is 5. The molecule has 0 aromatic carbocycles. The molecule has 1 aliphatic rings. The number of nitrogens with one attached hydrogen (secondary N) is 1. The van der Waals surface area contributed by atoms with Gasteiger partial charge in [-0.2, -0.15) is 0 Å². The van der Waals surface area contributed by atoms with Crippen molar-refractivity contribution >= 4 is 11.6 Å². The molecule has 0 aliphatic carbocycles. The minimum absolute atomic E-state index is 0.196. The van der Waals surface area contributed by atoms with Crippen molar-refractivity contribution in [2.45, 2.75) is 45.6 Å². The van der Waals surface area contributed by atoms with Crippen LogP contribution in [0.15, 0.2) is 0 Å². The standard InChI is InChI=1S/C14H24N4O/c1-4-6-12-16-13(15-3)10(2)14(17-12)18-8-5-7-11(18)9-19/h11,19H,4-9H2,1-3H3,(H,15,16,17). The van der Waals surface area contributed by atoms with Crippen LogP contribution in [0.3, 0.4) is 0 Å². The first-order valence-electron chi connectivity index (χ1n) is 7.14. The average Bonchev–Trinajstić information content (AvgIpc) is 2.89. The van der Waals surface area contributed by atoms with Crippen molar-refractivity contribution in [3.63, 3.8) is 0 Å². The Morgan fingerprint density at radius 1 is 1.42 bits per heavy atom. The first-order valence-corrected chi connectivity index (χ1v) is 7.14. The maximum atomic E-state index is 9.49. The van der Waals surface area contributed by atoms with Gasteiger partial charge in [0.1, 0.15) is 17.5 Å². The number of aryl methyl sites for hydroxylation is 1. The van der Waals surface area contributed by atoms with Crippen molar-refractivity contribution in [2.24, 2.45) is 0 Å². The first kappa shape index (κ1) is 14.1. The Balaban J connectivity index is 2.39. The van der Waals surface area contributed by atoms with E-state index in [9.17, 15) is 5.11 Å². The van der Waals surface area contributed by atoms with E-state index in [0.717, 1.165) is 55.3 Å². The van der Waals surface area contributed by atoms with E-state index in [2.05, 4.69) is 22.1 Å². The number of aliphatic hydroxyl groups is 1. The van der Waals surface area contributed by atoms with Gasteiger partial charge in [0.15, 0.2) is 0 Å². The highest BCUT2D eigenvalue weighted by atomic mass is 16.3. The van der Waals surface area contributed by atoms with Gasteiger partial charge in [-0.25, -0.2) is 9.97 Å². The van der Waals surface area contributed by atoms with Crippen molar-refractivity contribution in [1.82, 2.24) is 9.97 Å². The predicted octanol–water partition coefficient (Wildman–Crippen LogP) is 1.74. The minimum Gasteiger partial charge on any atom is -0.394 e. The molecule has 2 N–H and O–H groups in total. The zero-order chi connectivity index (χ0) is 13.8. The Morgan fingerprint density at radius 3 is 2.84 bits per heavy atom. The minimum atomic E-state index is 0.196. The molecule has 1 fully saturated rings. The largest absolute Gasteiger partial charge is 0.394 e. The maximum Gasteiger partial charge on any atom is 0.137 e. The molecule has 0 saturated carbocycles. The van der Waals surface area contributed by atoms with E-state index in [1.54, 1.807) is 0 Å². The van der Waals surface area contributed by atoms with E-state index in [0.29, 0.717) is 0 Å². The summed E-state index contributed by atoms with van der Waals surface area (Å²) in [7, 11) is 1.89. The Hall–Kier alpha value is -1.36. The van der Waals surface area contributed by atoms with Crippen LogP contribution in [0, 0.1) is 6.92 Å². The van der Waals surface area contributed by atoms with Gasteiger partial charge >= 0.3 is 0 Å². The van der Waals surface area contributed by atoms with Gasteiger partial charge in [-0.05, 0) is 26.2 Å². The molecule has 5 heteroatoms. The number of hydrogen-bond donors (Lipinski definition) is 2. The van der Waals surface area contributed by atoms with Crippen LogP contribution in [-0.2, 0) is 6.42 Å². The second-order valence-corrected chi connectivity index (χ2v) is 5.11. The molecular formula is C14H24N4O. The van der Waals surface area contributed by atoms with E-state index >= 15 is 0 Å². The number of nitrogens with zero attached hydrogens (tertiary/aromatic N) is 3. The van der Waals surface area contributed by atoms with E-state index in [-0.39, 0.29) is 12.6 Å². The molecule has 1 atom stereocenters. The summed E-state index contributed by atoms with van der Waals surface area (Å²) in [6, 6.07) is 0.202. The fourth-order valence-corrected chi connectivity index (χ4v) is 2.71. The van der Waals surface area contributed by atoms with Gasteiger partial charge in [-0.15, -0.1) is 0 Å². The molecule has 1 saturated heterocycles. The van der Waals surface area contributed by atoms with Crippen molar-refractivity contribution < 1.29 is 5.11 Å². The van der Waals surface area contributed by atoms with E-state index in [4.69, 9.17) is 4.98 Å². The Bertz CT molecular complexity index is 436. The monoisotopic (exact) mass is 264 g/mol. The molecule has 1 aromatic heterocycles. The number of aromatic nitrogens is 2. The fourth-order valence-electron chi connectivity index (χ4n) is 2.71. The topological polar surface area (TPSA) is 61.3 Å². The SMILES string of the molecule is CCCc1nc(NC)c(C)c(N2CCCC2CO)n1. The average molecular weight is 264 g/mol. The normalized spacial score (nSPS) is 18.9. The van der Waals surface area contributed by atoms with Crippen LogP contribution >= 0.6 is 0 Å². The Kier molecular flexibility index (Phi) is 4.58.